The summed E-state index contributed by atoms with van der Waals surface area (Å²) in [6.07, 6.45) is 2.65. The van der Waals surface area contributed by atoms with Crippen LogP contribution in [0.5, 0.6) is 0 Å². The van der Waals surface area contributed by atoms with E-state index in [2.05, 4.69) is 5.32 Å². The van der Waals surface area contributed by atoms with Crippen molar-refractivity contribution in [2.75, 3.05) is 10.2 Å². The average molecular weight is 487 g/mol. The molecule has 1 N–H and O–H groups in total. The first kappa shape index (κ1) is 22.1. The number of benzene rings is 3. The van der Waals surface area contributed by atoms with Gasteiger partial charge in [0.25, 0.3) is 0 Å². The van der Waals surface area contributed by atoms with Gasteiger partial charge >= 0.3 is 0 Å². The highest BCUT2D eigenvalue weighted by Gasteiger charge is 2.44. The number of anilines is 2. The number of Topliss-reactive ketones (excluding diaryl/α,β-unsaturated/α-hetero) is 1. The average Bonchev–Trinajstić information content (AvgIpc) is 3.71. The number of halogens is 2. The maximum Gasteiger partial charge on any atom is 0.231 e. The molecule has 3 aromatic carbocycles. The quantitative estimate of drug-likeness (QED) is 0.443. The van der Waals surface area contributed by atoms with E-state index in [4.69, 9.17) is 11.6 Å². The van der Waals surface area contributed by atoms with Gasteiger partial charge in [0.2, 0.25) is 5.91 Å². The minimum Gasteiger partial charge on any atom is -0.357 e. The summed E-state index contributed by atoms with van der Waals surface area (Å²) >= 11 is 6.09. The number of para-hydroxylation sites is 2. The molecule has 1 fully saturated rings. The summed E-state index contributed by atoms with van der Waals surface area (Å²) in [5.74, 6) is -0.399. The Morgan fingerprint density at radius 2 is 1.60 bits per heavy atom. The highest BCUT2D eigenvalue weighted by molar-refractivity contribution is 6.30. The Hall–Kier alpha value is -3.44. The monoisotopic (exact) mass is 486 g/mol. The third-order valence-corrected chi connectivity index (χ3v) is 7.43. The van der Waals surface area contributed by atoms with E-state index in [-0.39, 0.29) is 29.3 Å². The van der Waals surface area contributed by atoms with Gasteiger partial charge in [0, 0.05) is 28.6 Å². The Morgan fingerprint density at radius 1 is 0.914 bits per heavy atom. The Balaban J connectivity index is 1.53. The number of rotatable bonds is 3. The van der Waals surface area contributed by atoms with Crippen LogP contribution in [0.15, 0.2) is 84.1 Å². The van der Waals surface area contributed by atoms with Gasteiger partial charge in [0.15, 0.2) is 5.78 Å². The molecule has 3 aliphatic rings. The van der Waals surface area contributed by atoms with E-state index in [9.17, 15) is 14.0 Å². The molecule has 0 radical (unpaired) electrons. The first-order chi connectivity index (χ1) is 17.0. The van der Waals surface area contributed by atoms with Crippen molar-refractivity contribution in [2.45, 2.75) is 37.6 Å². The highest BCUT2D eigenvalue weighted by atomic mass is 35.5. The van der Waals surface area contributed by atoms with E-state index in [0.717, 1.165) is 41.0 Å². The van der Waals surface area contributed by atoms with Gasteiger partial charge in [-0.15, -0.1) is 0 Å². The summed E-state index contributed by atoms with van der Waals surface area (Å²) in [4.78, 5) is 29.3. The van der Waals surface area contributed by atoms with Crippen LogP contribution in [0.1, 0.15) is 48.8 Å². The predicted molar refractivity (Wildman–Crippen MR) is 135 cm³/mol. The van der Waals surface area contributed by atoms with Crippen molar-refractivity contribution in [1.82, 2.24) is 0 Å². The van der Waals surface area contributed by atoms with Crippen molar-refractivity contribution in [2.24, 2.45) is 5.92 Å². The number of amides is 1. The fraction of sp³-hybridized carbons (Fsp3) is 0.241. The standard InChI is InChI=1S/C29H24ClFN2O2/c30-21-11-7-17(8-12-21)20-15-24-27(26(34)16-20)28(18-9-13-22(31)14-10-18)33(29(35)19-5-6-19)25-4-2-1-3-23(25)32-24/h1-4,7-14,19-20,28,32H,5-6,15-16H2/t20-,28+/m1/s1. The normalized spacial score (nSPS) is 21.7. The predicted octanol–water partition coefficient (Wildman–Crippen LogP) is 6.79. The van der Waals surface area contributed by atoms with Crippen molar-refractivity contribution >= 4 is 34.7 Å². The molecule has 2 aliphatic carbocycles. The van der Waals surface area contributed by atoms with Crippen molar-refractivity contribution in [3.8, 4) is 0 Å². The lowest BCUT2D eigenvalue weighted by Gasteiger charge is -2.35. The number of carbonyl (C=O) groups excluding carboxylic acids is 2. The van der Waals surface area contributed by atoms with Crippen LogP contribution < -0.4 is 10.2 Å². The summed E-state index contributed by atoms with van der Waals surface area (Å²) in [5, 5.41) is 4.18. The van der Waals surface area contributed by atoms with E-state index in [1.807, 2.05) is 48.5 Å². The summed E-state index contributed by atoms with van der Waals surface area (Å²) < 4.78 is 13.9. The molecule has 1 saturated carbocycles. The van der Waals surface area contributed by atoms with Crippen LogP contribution in [0.2, 0.25) is 5.02 Å². The molecule has 0 unspecified atom stereocenters. The van der Waals surface area contributed by atoms with Crippen LogP contribution in [0.4, 0.5) is 15.8 Å². The zero-order valence-electron chi connectivity index (χ0n) is 19.0. The van der Waals surface area contributed by atoms with E-state index < -0.39 is 6.04 Å². The van der Waals surface area contributed by atoms with Crippen LogP contribution >= 0.6 is 11.6 Å². The second-order valence-corrected chi connectivity index (χ2v) is 9.99. The third kappa shape index (κ3) is 4.04. The van der Waals surface area contributed by atoms with Crippen molar-refractivity contribution in [1.29, 1.82) is 0 Å². The third-order valence-electron chi connectivity index (χ3n) is 7.18. The number of ketones is 1. The van der Waals surface area contributed by atoms with Crippen molar-refractivity contribution < 1.29 is 14.0 Å². The second-order valence-electron chi connectivity index (χ2n) is 9.55. The lowest BCUT2D eigenvalue weighted by Crippen LogP contribution is -2.39. The van der Waals surface area contributed by atoms with Gasteiger partial charge in [0.05, 0.1) is 17.4 Å². The van der Waals surface area contributed by atoms with Crippen LogP contribution in [0, 0.1) is 11.7 Å². The summed E-state index contributed by atoms with van der Waals surface area (Å²) in [5.41, 5.74) is 4.72. The van der Waals surface area contributed by atoms with E-state index in [0.29, 0.717) is 23.4 Å². The first-order valence-corrected chi connectivity index (χ1v) is 12.3. The van der Waals surface area contributed by atoms with Gasteiger partial charge in [-0.2, -0.15) is 0 Å². The SMILES string of the molecule is O=C1C[C@H](c2ccc(Cl)cc2)CC2=C1[C@H](c1ccc(F)cc1)N(C(=O)C1CC1)c1ccccc1N2. The number of nitrogens with zero attached hydrogens (tertiary/aromatic N) is 1. The number of allylic oxidation sites excluding steroid dienone is 1. The van der Waals surface area contributed by atoms with Crippen LogP contribution in [-0.4, -0.2) is 11.7 Å². The molecule has 0 spiro atoms. The maximum absolute atomic E-state index is 13.9. The Kier molecular flexibility index (Phi) is 5.45. The minimum atomic E-state index is -0.617. The zero-order valence-corrected chi connectivity index (χ0v) is 19.8. The Labute approximate surface area is 208 Å². The molecule has 1 heterocycles. The lowest BCUT2D eigenvalue weighted by atomic mass is 9.78. The number of fused-ring (bicyclic) bond motifs is 1. The van der Waals surface area contributed by atoms with Gasteiger partial charge in [-0.25, -0.2) is 4.39 Å². The Bertz CT molecular complexity index is 1350. The molecule has 176 valence electrons. The minimum absolute atomic E-state index is 0.00210. The fourth-order valence-electron chi connectivity index (χ4n) is 5.29. The lowest BCUT2D eigenvalue weighted by molar-refractivity contribution is -0.120. The molecule has 1 aliphatic heterocycles. The van der Waals surface area contributed by atoms with Crippen molar-refractivity contribution in [3.63, 3.8) is 0 Å². The smallest absolute Gasteiger partial charge is 0.231 e. The highest BCUT2D eigenvalue weighted by Crippen LogP contribution is 2.49. The van der Waals surface area contributed by atoms with Gasteiger partial charge in [-0.3, -0.25) is 14.5 Å². The molecule has 6 rings (SSSR count). The molecule has 3 aromatic rings. The molecular weight excluding hydrogens is 463 g/mol. The molecule has 1 amide bonds. The number of nitrogens with one attached hydrogen (secondary N) is 1. The first-order valence-electron chi connectivity index (χ1n) is 12.0. The Morgan fingerprint density at radius 3 is 2.31 bits per heavy atom. The van der Waals surface area contributed by atoms with Crippen LogP contribution in [0.3, 0.4) is 0 Å². The van der Waals surface area contributed by atoms with Gasteiger partial charge in [-0.1, -0.05) is 48.0 Å². The topological polar surface area (TPSA) is 49.4 Å². The second kappa shape index (κ2) is 8.65. The van der Waals surface area contributed by atoms with E-state index in [1.54, 1.807) is 17.0 Å². The number of hydrogen-bond donors (Lipinski definition) is 1. The largest absolute Gasteiger partial charge is 0.357 e. The molecule has 35 heavy (non-hydrogen) atoms. The fourth-order valence-corrected chi connectivity index (χ4v) is 5.42. The van der Waals surface area contributed by atoms with E-state index >= 15 is 0 Å². The number of carbonyl (C=O) groups is 2. The zero-order chi connectivity index (χ0) is 24.1. The molecular formula is C29H24ClFN2O2. The summed E-state index contributed by atoms with van der Waals surface area (Å²) in [7, 11) is 0. The molecule has 0 aromatic heterocycles. The molecule has 2 atom stereocenters. The number of hydrogen-bond acceptors (Lipinski definition) is 3. The van der Waals surface area contributed by atoms with Gasteiger partial charge < -0.3 is 5.32 Å². The summed E-state index contributed by atoms with van der Waals surface area (Å²) in [6.45, 7) is 0. The molecule has 6 heteroatoms. The molecule has 4 nitrogen and oxygen atoms in total. The van der Waals surface area contributed by atoms with Gasteiger partial charge in [0.1, 0.15) is 5.82 Å². The molecule has 0 bridgehead atoms. The molecule has 0 saturated heterocycles. The van der Waals surface area contributed by atoms with Crippen molar-refractivity contribution in [3.05, 3.63) is 106 Å². The van der Waals surface area contributed by atoms with Crippen LogP contribution in [-0.2, 0) is 9.59 Å². The maximum atomic E-state index is 13.9. The summed E-state index contributed by atoms with van der Waals surface area (Å²) in [6, 6.07) is 20.8. The van der Waals surface area contributed by atoms with E-state index in [1.165, 1.54) is 12.1 Å². The van der Waals surface area contributed by atoms with Gasteiger partial charge in [-0.05, 0) is 72.7 Å². The van der Waals surface area contributed by atoms with Crippen LogP contribution in [0.25, 0.3) is 0 Å².